The predicted molar refractivity (Wildman–Crippen MR) is 59.9 cm³/mol. The third-order valence-corrected chi connectivity index (χ3v) is 3.11. The van der Waals surface area contributed by atoms with Gasteiger partial charge < -0.3 is 10.4 Å². The fourth-order valence-corrected chi connectivity index (χ4v) is 2.18. The molecule has 1 heterocycles. The minimum absolute atomic E-state index is 0.0968. The molecule has 0 aliphatic heterocycles. The highest BCUT2D eigenvalue weighted by atomic mass is 16.3. The van der Waals surface area contributed by atoms with Gasteiger partial charge in [-0.1, -0.05) is 12.5 Å². The molecule has 1 aliphatic rings. The molecule has 0 radical (unpaired) electrons. The van der Waals surface area contributed by atoms with E-state index in [1.807, 2.05) is 0 Å². The molecule has 2 atom stereocenters. The Labute approximate surface area is 94.7 Å². The van der Waals surface area contributed by atoms with Crippen molar-refractivity contribution in [3.05, 3.63) is 30.1 Å². The minimum Gasteiger partial charge on any atom is -0.396 e. The van der Waals surface area contributed by atoms with E-state index in [4.69, 9.17) is 5.11 Å². The second-order valence-electron chi connectivity index (χ2n) is 4.17. The molecule has 4 nitrogen and oxygen atoms in total. The highest BCUT2D eigenvalue weighted by molar-refractivity contribution is 5.92. The van der Waals surface area contributed by atoms with Crippen molar-refractivity contribution in [2.24, 2.45) is 5.92 Å². The van der Waals surface area contributed by atoms with E-state index < -0.39 is 0 Å². The number of carbonyl (C=O) groups excluding carboxylic acids is 1. The number of aliphatic hydroxyl groups is 1. The molecule has 2 N–H and O–H groups in total. The van der Waals surface area contributed by atoms with Gasteiger partial charge in [0.05, 0.1) is 0 Å². The summed E-state index contributed by atoms with van der Waals surface area (Å²) in [6, 6.07) is 5.36. The van der Waals surface area contributed by atoms with Crippen LogP contribution in [0.1, 0.15) is 29.8 Å². The third-order valence-electron chi connectivity index (χ3n) is 3.11. The molecular weight excluding hydrogens is 204 g/mol. The quantitative estimate of drug-likeness (QED) is 0.798. The Morgan fingerprint density at radius 1 is 1.50 bits per heavy atom. The van der Waals surface area contributed by atoms with Crippen LogP contribution in [0.25, 0.3) is 0 Å². The Bertz CT molecular complexity index is 353. The van der Waals surface area contributed by atoms with Crippen molar-refractivity contribution in [1.82, 2.24) is 10.3 Å². The van der Waals surface area contributed by atoms with E-state index in [0.717, 1.165) is 19.3 Å². The molecule has 1 amide bonds. The van der Waals surface area contributed by atoms with Crippen LogP contribution in [-0.4, -0.2) is 28.6 Å². The molecule has 1 aliphatic carbocycles. The summed E-state index contributed by atoms with van der Waals surface area (Å²) in [5.41, 5.74) is 0.436. The number of nitrogens with zero attached hydrogens (tertiary/aromatic N) is 1. The second kappa shape index (κ2) is 5.07. The zero-order chi connectivity index (χ0) is 11.4. The maximum Gasteiger partial charge on any atom is 0.270 e. The van der Waals surface area contributed by atoms with Crippen LogP contribution in [-0.2, 0) is 0 Å². The maximum atomic E-state index is 11.8. The Kier molecular flexibility index (Phi) is 3.51. The monoisotopic (exact) mass is 220 g/mol. The number of pyridine rings is 1. The topological polar surface area (TPSA) is 62.2 Å². The van der Waals surface area contributed by atoms with Gasteiger partial charge >= 0.3 is 0 Å². The molecule has 4 heteroatoms. The lowest BCUT2D eigenvalue weighted by Crippen LogP contribution is -2.38. The van der Waals surface area contributed by atoms with Gasteiger partial charge in [0.25, 0.3) is 5.91 Å². The average molecular weight is 220 g/mol. The van der Waals surface area contributed by atoms with Gasteiger partial charge in [0.1, 0.15) is 5.69 Å². The first-order valence-corrected chi connectivity index (χ1v) is 5.64. The van der Waals surface area contributed by atoms with E-state index in [1.54, 1.807) is 24.4 Å². The van der Waals surface area contributed by atoms with Crippen LogP contribution in [0.4, 0.5) is 0 Å². The molecule has 0 saturated heterocycles. The van der Waals surface area contributed by atoms with Gasteiger partial charge in [0.2, 0.25) is 0 Å². The molecule has 0 bridgehead atoms. The van der Waals surface area contributed by atoms with Gasteiger partial charge in [-0.15, -0.1) is 0 Å². The molecule has 0 spiro atoms. The molecule has 1 aromatic heterocycles. The van der Waals surface area contributed by atoms with Crippen molar-refractivity contribution in [2.75, 3.05) is 6.61 Å². The van der Waals surface area contributed by atoms with Crippen LogP contribution in [0.5, 0.6) is 0 Å². The first kappa shape index (κ1) is 11.1. The molecule has 0 aromatic carbocycles. The molecule has 1 saturated carbocycles. The number of carbonyl (C=O) groups is 1. The highest BCUT2D eigenvalue weighted by Crippen LogP contribution is 2.25. The lowest BCUT2D eigenvalue weighted by atomic mass is 10.1. The molecule has 1 fully saturated rings. The summed E-state index contributed by atoms with van der Waals surface area (Å²) in [5, 5.41) is 12.1. The van der Waals surface area contributed by atoms with Gasteiger partial charge in [0.15, 0.2) is 0 Å². The minimum atomic E-state index is -0.147. The largest absolute Gasteiger partial charge is 0.396 e. The maximum absolute atomic E-state index is 11.8. The zero-order valence-corrected chi connectivity index (χ0v) is 9.10. The predicted octanol–water partition coefficient (Wildman–Crippen LogP) is 0.972. The smallest absolute Gasteiger partial charge is 0.270 e. The van der Waals surface area contributed by atoms with Gasteiger partial charge in [-0.2, -0.15) is 0 Å². The van der Waals surface area contributed by atoms with Gasteiger partial charge in [-0.25, -0.2) is 0 Å². The Morgan fingerprint density at radius 2 is 2.38 bits per heavy atom. The summed E-state index contributed by atoms with van der Waals surface area (Å²) in [6.45, 7) is 0.146. The summed E-state index contributed by atoms with van der Waals surface area (Å²) >= 11 is 0. The standard InChI is InChI=1S/C12H16N2O2/c15-8-9-4-3-6-10(9)14-12(16)11-5-1-2-7-13-11/h1-2,5,7,9-10,15H,3-4,6,8H2,(H,14,16). The highest BCUT2D eigenvalue weighted by Gasteiger charge is 2.28. The number of rotatable bonds is 3. The van der Waals surface area contributed by atoms with Gasteiger partial charge in [-0.05, 0) is 25.0 Å². The summed E-state index contributed by atoms with van der Waals surface area (Å²) in [7, 11) is 0. The molecule has 86 valence electrons. The first-order valence-electron chi connectivity index (χ1n) is 5.64. The van der Waals surface area contributed by atoms with E-state index in [1.165, 1.54) is 0 Å². The lowest BCUT2D eigenvalue weighted by Gasteiger charge is -2.18. The van der Waals surface area contributed by atoms with Crippen LogP contribution in [0.15, 0.2) is 24.4 Å². The third kappa shape index (κ3) is 2.39. The van der Waals surface area contributed by atoms with Crippen molar-refractivity contribution < 1.29 is 9.90 Å². The number of aliphatic hydroxyl groups excluding tert-OH is 1. The summed E-state index contributed by atoms with van der Waals surface area (Å²) < 4.78 is 0. The number of nitrogens with one attached hydrogen (secondary N) is 1. The van der Waals surface area contributed by atoms with E-state index in [2.05, 4.69) is 10.3 Å². The number of amides is 1. The van der Waals surface area contributed by atoms with Crippen molar-refractivity contribution in [1.29, 1.82) is 0 Å². The molecule has 1 aromatic rings. The molecule has 16 heavy (non-hydrogen) atoms. The van der Waals surface area contributed by atoms with Crippen molar-refractivity contribution in [2.45, 2.75) is 25.3 Å². The van der Waals surface area contributed by atoms with Crippen LogP contribution in [0.2, 0.25) is 0 Å². The van der Waals surface area contributed by atoms with E-state index in [9.17, 15) is 4.79 Å². The normalized spacial score (nSPS) is 24.3. The summed E-state index contributed by atoms with van der Waals surface area (Å²) in [4.78, 5) is 15.8. The van der Waals surface area contributed by atoms with E-state index >= 15 is 0 Å². The van der Waals surface area contributed by atoms with Crippen LogP contribution in [0.3, 0.4) is 0 Å². The Balaban J connectivity index is 1.97. The first-order chi connectivity index (χ1) is 7.81. The number of hydrogen-bond donors (Lipinski definition) is 2. The summed E-state index contributed by atoms with van der Waals surface area (Å²) in [6.07, 6.45) is 4.61. The Morgan fingerprint density at radius 3 is 3.06 bits per heavy atom. The van der Waals surface area contributed by atoms with Crippen molar-refractivity contribution in [3.8, 4) is 0 Å². The van der Waals surface area contributed by atoms with Crippen molar-refractivity contribution in [3.63, 3.8) is 0 Å². The summed E-state index contributed by atoms with van der Waals surface area (Å²) in [5.74, 6) is 0.0543. The van der Waals surface area contributed by atoms with E-state index in [0.29, 0.717) is 5.69 Å². The molecule has 2 rings (SSSR count). The van der Waals surface area contributed by atoms with Crippen LogP contribution < -0.4 is 5.32 Å². The SMILES string of the molecule is O=C(NC1CCCC1CO)c1ccccn1. The van der Waals surface area contributed by atoms with Crippen LogP contribution >= 0.6 is 0 Å². The van der Waals surface area contributed by atoms with Crippen molar-refractivity contribution >= 4 is 5.91 Å². The zero-order valence-electron chi connectivity index (χ0n) is 9.10. The molecular formula is C12H16N2O2. The fraction of sp³-hybridized carbons (Fsp3) is 0.500. The lowest BCUT2D eigenvalue weighted by molar-refractivity contribution is 0.0911. The number of aromatic nitrogens is 1. The fourth-order valence-electron chi connectivity index (χ4n) is 2.18. The van der Waals surface area contributed by atoms with Gasteiger partial charge in [0, 0.05) is 24.8 Å². The Hall–Kier alpha value is -1.42. The average Bonchev–Trinajstić information content (AvgIpc) is 2.77. The second-order valence-corrected chi connectivity index (χ2v) is 4.17. The number of hydrogen-bond acceptors (Lipinski definition) is 3. The van der Waals surface area contributed by atoms with Crippen LogP contribution in [0, 0.1) is 5.92 Å². The van der Waals surface area contributed by atoms with Gasteiger partial charge in [-0.3, -0.25) is 9.78 Å². The molecule has 2 unspecified atom stereocenters. The van der Waals surface area contributed by atoms with E-state index in [-0.39, 0.29) is 24.5 Å².